The van der Waals surface area contributed by atoms with E-state index < -0.39 is 16.0 Å². The normalized spacial score (nSPS) is 12.3. The first-order valence-electron chi connectivity index (χ1n) is 11.1. The Kier molecular flexibility index (Phi) is 5.21. The van der Waals surface area contributed by atoms with E-state index in [-0.39, 0.29) is 16.0 Å². The molecule has 2 aromatic heterocycles. The maximum atomic E-state index is 13.1. The Labute approximate surface area is 202 Å². The van der Waals surface area contributed by atoms with Crippen molar-refractivity contribution in [2.45, 2.75) is 31.1 Å². The highest BCUT2D eigenvalue weighted by atomic mass is 32.2. The molecule has 5 rings (SSSR count). The van der Waals surface area contributed by atoms with Crippen molar-refractivity contribution in [1.29, 1.82) is 0 Å². The molecule has 0 spiro atoms. The monoisotopic (exact) mass is 487 g/mol. The van der Waals surface area contributed by atoms with Crippen LogP contribution in [0.5, 0.6) is 0 Å². The fraction of sp³-hybridized carbons (Fsp3) is 0.148. The average molecular weight is 488 g/mol. The predicted octanol–water partition coefficient (Wildman–Crippen LogP) is 6.11. The number of carboxylic acid groups (broad SMARTS) is 1. The molecule has 0 amide bonds. The molecule has 0 bridgehead atoms. The van der Waals surface area contributed by atoms with Crippen molar-refractivity contribution in [2.24, 2.45) is 0 Å². The van der Waals surface area contributed by atoms with Crippen molar-refractivity contribution >= 4 is 43.5 Å². The minimum absolute atomic E-state index is 0.0477. The minimum atomic E-state index is -3.84. The summed E-state index contributed by atoms with van der Waals surface area (Å²) in [6.45, 7) is 6.20. The number of H-pyrrole nitrogens is 2. The van der Waals surface area contributed by atoms with E-state index >= 15 is 0 Å². The molecule has 0 aliphatic carbocycles. The van der Waals surface area contributed by atoms with E-state index in [9.17, 15) is 18.3 Å². The highest BCUT2D eigenvalue weighted by Gasteiger charge is 2.22. The fourth-order valence-electron chi connectivity index (χ4n) is 4.35. The van der Waals surface area contributed by atoms with E-state index in [1.807, 2.05) is 36.4 Å². The maximum Gasteiger partial charge on any atom is 0.352 e. The molecule has 7 nitrogen and oxygen atoms in total. The summed E-state index contributed by atoms with van der Waals surface area (Å²) >= 11 is 0. The molecule has 0 radical (unpaired) electrons. The Morgan fingerprint density at radius 2 is 1.66 bits per heavy atom. The number of aromatic carboxylic acids is 1. The van der Waals surface area contributed by atoms with Gasteiger partial charge in [0, 0.05) is 39.3 Å². The van der Waals surface area contributed by atoms with Gasteiger partial charge in [0.25, 0.3) is 10.0 Å². The van der Waals surface area contributed by atoms with E-state index in [1.54, 1.807) is 36.5 Å². The van der Waals surface area contributed by atoms with Crippen LogP contribution in [0.15, 0.2) is 77.8 Å². The third kappa shape index (κ3) is 4.06. The quantitative estimate of drug-likeness (QED) is 0.239. The molecule has 0 unspecified atom stereocenters. The Morgan fingerprint density at radius 1 is 0.914 bits per heavy atom. The summed E-state index contributed by atoms with van der Waals surface area (Å²) in [7, 11) is -3.84. The second-order valence-corrected chi connectivity index (χ2v) is 11.2. The number of carboxylic acids is 1. The fourth-order valence-corrected chi connectivity index (χ4v) is 5.40. The van der Waals surface area contributed by atoms with Gasteiger partial charge in [0.2, 0.25) is 0 Å². The highest BCUT2D eigenvalue weighted by Crippen LogP contribution is 2.38. The second kappa shape index (κ2) is 8.02. The summed E-state index contributed by atoms with van der Waals surface area (Å²) in [5, 5.41) is 11.4. The number of hydrogen-bond donors (Lipinski definition) is 4. The summed E-state index contributed by atoms with van der Waals surface area (Å²) in [5.41, 5.74) is 4.07. The summed E-state index contributed by atoms with van der Waals surface area (Å²) in [6.07, 6.45) is 1.80. The van der Waals surface area contributed by atoms with Crippen LogP contribution in [0.2, 0.25) is 0 Å². The zero-order chi connectivity index (χ0) is 25.0. The molecule has 0 saturated heterocycles. The van der Waals surface area contributed by atoms with Crippen molar-refractivity contribution in [3.63, 3.8) is 0 Å². The Hall–Kier alpha value is -4.04. The Balaban J connectivity index is 1.60. The van der Waals surface area contributed by atoms with Crippen molar-refractivity contribution in [3.05, 3.63) is 84.2 Å². The SMILES string of the molecule is CC(C)(C)c1ccc(S(=O)(=O)Nc2ccc3[nH]c(C(=O)O)c(-c4cccc5[nH]ccc45)c3c2)cc1. The van der Waals surface area contributed by atoms with Crippen LogP contribution in [0, 0.1) is 0 Å². The lowest BCUT2D eigenvalue weighted by atomic mass is 9.87. The molecule has 178 valence electrons. The molecule has 0 saturated carbocycles. The van der Waals surface area contributed by atoms with Crippen molar-refractivity contribution in [3.8, 4) is 11.1 Å². The molecular weight excluding hydrogens is 462 g/mol. The van der Waals surface area contributed by atoms with E-state index in [1.165, 1.54) is 0 Å². The van der Waals surface area contributed by atoms with Gasteiger partial charge in [0.15, 0.2) is 0 Å². The lowest BCUT2D eigenvalue weighted by Crippen LogP contribution is -2.14. The third-order valence-corrected chi connectivity index (χ3v) is 7.56. The van der Waals surface area contributed by atoms with Crippen molar-refractivity contribution < 1.29 is 18.3 Å². The molecule has 35 heavy (non-hydrogen) atoms. The first kappa shape index (κ1) is 22.7. The number of nitrogens with one attached hydrogen (secondary N) is 3. The molecule has 0 fully saturated rings. The number of carbonyl (C=O) groups is 1. The number of fused-ring (bicyclic) bond motifs is 2. The summed E-state index contributed by atoms with van der Waals surface area (Å²) in [5.74, 6) is -1.09. The van der Waals surface area contributed by atoms with Crippen LogP contribution in [0.4, 0.5) is 5.69 Å². The average Bonchev–Trinajstić information content (AvgIpc) is 3.43. The van der Waals surface area contributed by atoms with Gasteiger partial charge in [-0.3, -0.25) is 4.72 Å². The van der Waals surface area contributed by atoms with Crippen molar-refractivity contribution in [1.82, 2.24) is 9.97 Å². The molecule has 4 N–H and O–H groups in total. The number of aromatic nitrogens is 2. The van der Waals surface area contributed by atoms with E-state index in [0.29, 0.717) is 22.2 Å². The minimum Gasteiger partial charge on any atom is -0.477 e. The van der Waals surface area contributed by atoms with Gasteiger partial charge in [-0.2, -0.15) is 0 Å². The molecule has 0 aliphatic rings. The highest BCUT2D eigenvalue weighted by molar-refractivity contribution is 7.92. The number of aromatic amines is 2. The largest absolute Gasteiger partial charge is 0.477 e. The topological polar surface area (TPSA) is 115 Å². The van der Waals surface area contributed by atoms with Gasteiger partial charge in [-0.15, -0.1) is 0 Å². The molecule has 5 aromatic rings. The second-order valence-electron chi connectivity index (χ2n) is 9.56. The smallest absolute Gasteiger partial charge is 0.352 e. The number of sulfonamides is 1. The number of rotatable bonds is 5. The molecule has 8 heteroatoms. The molecule has 2 heterocycles. The van der Waals surface area contributed by atoms with Gasteiger partial charge in [-0.05, 0) is 59.0 Å². The lowest BCUT2D eigenvalue weighted by molar-refractivity contribution is 0.0692. The predicted molar refractivity (Wildman–Crippen MR) is 139 cm³/mol. The molecule has 3 aromatic carbocycles. The van der Waals surface area contributed by atoms with Crippen LogP contribution in [0.25, 0.3) is 32.9 Å². The van der Waals surface area contributed by atoms with Crippen LogP contribution in [-0.2, 0) is 15.4 Å². The number of anilines is 1. The van der Waals surface area contributed by atoms with E-state index in [0.717, 1.165) is 22.0 Å². The van der Waals surface area contributed by atoms with Gasteiger partial charge in [0.05, 0.1) is 4.90 Å². The van der Waals surface area contributed by atoms with Crippen LogP contribution in [-0.4, -0.2) is 29.5 Å². The number of benzene rings is 3. The molecular formula is C27H25N3O4S. The van der Waals surface area contributed by atoms with Crippen LogP contribution >= 0.6 is 0 Å². The van der Waals surface area contributed by atoms with E-state index in [4.69, 9.17) is 0 Å². The maximum absolute atomic E-state index is 13.1. The van der Waals surface area contributed by atoms with Crippen LogP contribution < -0.4 is 4.72 Å². The Bertz CT molecular complexity index is 1690. The Morgan fingerprint density at radius 3 is 2.34 bits per heavy atom. The third-order valence-electron chi connectivity index (χ3n) is 6.16. The first-order valence-corrected chi connectivity index (χ1v) is 12.6. The lowest BCUT2D eigenvalue weighted by Gasteiger charge is -2.19. The first-order chi connectivity index (χ1) is 16.5. The van der Waals surface area contributed by atoms with Crippen molar-refractivity contribution in [2.75, 3.05) is 4.72 Å². The van der Waals surface area contributed by atoms with Crippen LogP contribution in [0.3, 0.4) is 0 Å². The summed E-state index contributed by atoms with van der Waals surface area (Å²) < 4.78 is 28.8. The van der Waals surface area contributed by atoms with Gasteiger partial charge >= 0.3 is 5.97 Å². The zero-order valence-corrected chi connectivity index (χ0v) is 20.3. The standard InChI is InChI=1S/C27H25N3O4S/c1-27(2,3)16-7-10-18(11-8-16)35(33,34)30-17-9-12-23-21(15-17)24(25(29-23)26(31)32)20-5-4-6-22-19(20)13-14-28-22/h4-15,28-30H,1-3H3,(H,31,32). The van der Waals surface area contributed by atoms with Gasteiger partial charge in [0.1, 0.15) is 5.69 Å². The van der Waals surface area contributed by atoms with Gasteiger partial charge in [-0.1, -0.05) is 45.0 Å². The van der Waals surface area contributed by atoms with Gasteiger partial charge < -0.3 is 15.1 Å². The van der Waals surface area contributed by atoms with Crippen LogP contribution in [0.1, 0.15) is 36.8 Å². The molecule has 0 aliphatic heterocycles. The van der Waals surface area contributed by atoms with Gasteiger partial charge in [-0.25, -0.2) is 13.2 Å². The summed E-state index contributed by atoms with van der Waals surface area (Å²) in [6, 6.07) is 19.3. The number of hydrogen-bond acceptors (Lipinski definition) is 3. The van der Waals surface area contributed by atoms with E-state index in [2.05, 4.69) is 35.5 Å². The molecule has 0 atom stereocenters. The zero-order valence-electron chi connectivity index (χ0n) is 19.5. The summed E-state index contributed by atoms with van der Waals surface area (Å²) in [4.78, 5) is 18.4.